The van der Waals surface area contributed by atoms with Crippen molar-refractivity contribution >= 4 is 11.7 Å². The highest BCUT2D eigenvalue weighted by Crippen LogP contribution is 2.27. The van der Waals surface area contributed by atoms with E-state index in [2.05, 4.69) is 25.2 Å². The highest BCUT2D eigenvalue weighted by Gasteiger charge is 2.27. The van der Waals surface area contributed by atoms with Gasteiger partial charge in [0, 0.05) is 12.6 Å². The average Bonchev–Trinajstić information content (AvgIpc) is 3.16. The third-order valence-electron chi connectivity index (χ3n) is 4.77. The Bertz CT molecular complexity index is 475. The lowest BCUT2D eigenvalue weighted by molar-refractivity contribution is 0.0916. The molecule has 0 aromatic carbocycles. The lowest BCUT2D eigenvalue weighted by Gasteiger charge is -2.36. The van der Waals surface area contributed by atoms with Gasteiger partial charge in [0.15, 0.2) is 0 Å². The van der Waals surface area contributed by atoms with Gasteiger partial charge in [-0.2, -0.15) is 0 Å². The normalized spacial score (nSPS) is 21.7. The topological polar surface area (TPSA) is 97.3 Å². The van der Waals surface area contributed by atoms with E-state index in [1.54, 1.807) is 0 Å². The number of anilines is 1. The molecule has 1 saturated heterocycles. The van der Waals surface area contributed by atoms with E-state index >= 15 is 0 Å². The maximum absolute atomic E-state index is 11.9. The highest BCUT2D eigenvalue weighted by atomic mass is 16.6. The van der Waals surface area contributed by atoms with Gasteiger partial charge in [0.25, 0.3) is 5.91 Å². The second-order valence-corrected chi connectivity index (χ2v) is 6.13. The molecule has 2 aliphatic rings. The summed E-state index contributed by atoms with van der Waals surface area (Å²) >= 11 is 0. The Labute approximate surface area is 124 Å². The molecule has 116 valence electrons. The summed E-state index contributed by atoms with van der Waals surface area (Å²) in [5.74, 6) is 0.281. The van der Waals surface area contributed by atoms with Crippen LogP contribution in [0.1, 0.15) is 49.0 Å². The van der Waals surface area contributed by atoms with Crippen molar-refractivity contribution in [1.29, 1.82) is 0 Å². The van der Waals surface area contributed by atoms with Crippen molar-refractivity contribution in [3.05, 3.63) is 5.69 Å². The molecule has 0 atom stereocenters. The third kappa shape index (κ3) is 3.34. The lowest BCUT2D eigenvalue weighted by Crippen LogP contribution is -2.42. The molecule has 0 bridgehead atoms. The lowest BCUT2D eigenvalue weighted by atomic mass is 9.95. The predicted octanol–water partition coefficient (Wildman–Crippen LogP) is 1.04. The van der Waals surface area contributed by atoms with E-state index < -0.39 is 0 Å². The van der Waals surface area contributed by atoms with E-state index in [1.165, 1.54) is 25.7 Å². The van der Waals surface area contributed by atoms with Crippen LogP contribution in [0.3, 0.4) is 0 Å². The van der Waals surface area contributed by atoms with Gasteiger partial charge < -0.3 is 16.0 Å². The van der Waals surface area contributed by atoms with E-state index in [9.17, 15) is 4.79 Å². The van der Waals surface area contributed by atoms with E-state index in [1.807, 2.05) is 0 Å². The van der Waals surface area contributed by atoms with Gasteiger partial charge in [-0.3, -0.25) is 4.79 Å². The number of nitrogens with one attached hydrogen (secondary N) is 1. The van der Waals surface area contributed by atoms with Crippen molar-refractivity contribution in [2.45, 2.75) is 44.6 Å². The van der Waals surface area contributed by atoms with E-state index in [0.717, 1.165) is 32.0 Å². The minimum Gasteiger partial charge on any atom is -0.379 e. The predicted molar refractivity (Wildman–Crippen MR) is 77.6 cm³/mol. The molecular weight excluding hydrogens is 270 g/mol. The number of hydrogen-bond acceptors (Lipinski definition) is 6. The molecule has 7 nitrogen and oxygen atoms in total. The number of likely N-dealkylation sites (tertiary alicyclic amines) is 1. The van der Waals surface area contributed by atoms with Crippen LogP contribution in [0.2, 0.25) is 0 Å². The second kappa shape index (κ2) is 6.43. The highest BCUT2D eigenvalue weighted by molar-refractivity contribution is 5.95. The Balaban J connectivity index is 1.41. The number of hydrogen-bond donors (Lipinski definition) is 2. The van der Waals surface area contributed by atoms with E-state index in [0.29, 0.717) is 12.5 Å². The molecule has 1 saturated carbocycles. The fourth-order valence-electron chi connectivity index (χ4n) is 3.47. The fourth-order valence-corrected chi connectivity index (χ4v) is 3.47. The summed E-state index contributed by atoms with van der Waals surface area (Å²) in [6, 6.07) is 0.807. The van der Waals surface area contributed by atoms with E-state index in [-0.39, 0.29) is 17.4 Å². The van der Waals surface area contributed by atoms with Crippen LogP contribution in [0.25, 0.3) is 0 Å². The van der Waals surface area contributed by atoms with Gasteiger partial charge in [0.1, 0.15) is 0 Å². The molecule has 0 radical (unpaired) electrons. The number of carbonyl (C=O) groups is 1. The summed E-state index contributed by atoms with van der Waals surface area (Å²) in [6.07, 6.45) is 7.77. The quantitative estimate of drug-likeness (QED) is 0.860. The van der Waals surface area contributed by atoms with Crippen LogP contribution in [-0.4, -0.2) is 46.8 Å². The number of rotatable bonds is 4. The molecule has 21 heavy (non-hydrogen) atoms. The molecule has 2 heterocycles. The molecule has 0 unspecified atom stereocenters. The zero-order valence-electron chi connectivity index (χ0n) is 12.3. The monoisotopic (exact) mass is 293 g/mol. The minimum absolute atomic E-state index is 0.0450. The zero-order chi connectivity index (χ0) is 14.7. The molecule has 1 aliphatic carbocycles. The first-order valence-electron chi connectivity index (χ1n) is 7.84. The van der Waals surface area contributed by atoms with Gasteiger partial charge in [-0.25, -0.2) is 4.63 Å². The smallest absolute Gasteiger partial charge is 0.277 e. The first kappa shape index (κ1) is 14.3. The van der Waals surface area contributed by atoms with Gasteiger partial charge >= 0.3 is 0 Å². The Kier molecular flexibility index (Phi) is 4.38. The SMILES string of the molecule is Nc1nonc1C(=O)NCC1CCN(C2CCCC2)CC1. The van der Waals surface area contributed by atoms with Gasteiger partial charge in [-0.15, -0.1) is 0 Å². The summed E-state index contributed by atoms with van der Waals surface area (Å²) in [5, 5.41) is 9.80. The molecular formula is C14H23N5O2. The van der Waals surface area contributed by atoms with Crippen LogP contribution >= 0.6 is 0 Å². The molecule has 7 heteroatoms. The van der Waals surface area contributed by atoms with Crippen LogP contribution in [-0.2, 0) is 0 Å². The summed E-state index contributed by atoms with van der Waals surface area (Å²) in [6.45, 7) is 2.97. The summed E-state index contributed by atoms with van der Waals surface area (Å²) < 4.78 is 4.44. The largest absolute Gasteiger partial charge is 0.379 e. The number of carbonyl (C=O) groups excluding carboxylic acids is 1. The van der Waals surface area contributed by atoms with Crippen molar-refractivity contribution in [2.75, 3.05) is 25.4 Å². The van der Waals surface area contributed by atoms with Crippen molar-refractivity contribution in [3.63, 3.8) is 0 Å². The first-order chi connectivity index (χ1) is 10.2. The van der Waals surface area contributed by atoms with Crippen molar-refractivity contribution in [1.82, 2.24) is 20.5 Å². The molecule has 3 N–H and O–H groups in total. The summed E-state index contributed by atoms with van der Waals surface area (Å²) in [5.41, 5.74) is 5.59. The van der Waals surface area contributed by atoms with Crippen molar-refractivity contribution in [2.24, 2.45) is 5.92 Å². The third-order valence-corrected chi connectivity index (χ3v) is 4.77. The Morgan fingerprint density at radius 3 is 2.57 bits per heavy atom. The number of nitrogens with zero attached hydrogens (tertiary/aromatic N) is 3. The van der Waals surface area contributed by atoms with Crippen molar-refractivity contribution in [3.8, 4) is 0 Å². The van der Waals surface area contributed by atoms with Crippen LogP contribution in [0, 0.1) is 5.92 Å². The molecule has 1 aromatic rings. The van der Waals surface area contributed by atoms with E-state index in [4.69, 9.17) is 5.73 Å². The summed E-state index contributed by atoms with van der Waals surface area (Å²) in [7, 11) is 0. The molecule has 1 aromatic heterocycles. The Morgan fingerprint density at radius 1 is 1.24 bits per heavy atom. The van der Waals surface area contributed by atoms with Crippen LogP contribution in [0.5, 0.6) is 0 Å². The van der Waals surface area contributed by atoms with Gasteiger partial charge in [0.2, 0.25) is 11.5 Å². The number of piperidine rings is 1. The Hall–Kier alpha value is -1.63. The van der Waals surface area contributed by atoms with Gasteiger partial charge in [-0.1, -0.05) is 12.8 Å². The number of nitrogens with two attached hydrogens (primary N) is 1. The number of amides is 1. The molecule has 3 rings (SSSR count). The average molecular weight is 293 g/mol. The van der Waals surface area contributed by atoms with Crippen LogP contribution in [0.4, 0.5) is 5.82 Å². The number of nitrogen functional groups attached to an aromatic ring is 1. The fraction of sp³-hybridized carbons (Fsp3) is 0.786. The molecule has 2 fully saturated rings. The Morgan fingerprint density at radius 2 is 1.95 bits per heavy atom. The zero-order valence-corrected chi connectivity index (χ0v) is 12.3. The maximum atomic E-state index is 11.9. The molecule has 1 aliphatic heterocycles. The van der Waals surface area contributed by atoms with Crippen molar-refractivity contribution < 1.29 is 9.42 Å². The van der Waals surface area contributed by atoms with Gasteiger partial charge in [-0.05, 0) is 55.0 Å². The maximum Gasteiger partial charge on any atom is 0.277 e. The van der Waals surface area contributed by atoms with Crippen LogP contribution < -0.4 is 11.1 Å². The van der Waals surface area contributed by atoms with Crippen LogP contribution in [0.15, 0.2) is 4.63 Å². The second-order valence-electron chi connectivity index (χ2n) is 6.13. The summed E-state index contributed by atoms with van der Waals surface area (Å²) in [4.78, 5) is 14.5. The first-order valence-corrected chi connectivity index (χ1v) is 7.84. The van der Waals surface area contributed by atoms with Gasteiger partial charge in [0.05, 0.1) is 0 Å². The minimum atomic E-state index is -0.299. The number of aromatic nitrogens is 2. The standard InChI is InChI=1S/C14H23N5O2/c15-13-12(17-21-18-13)14(20)16-9-10-5-7-19(8-6-10)11-3-1-2-4-11/h10-11H,1-9H2,(H2,15,18)(H,16,20). The molecule has 1 amide bonds. The molecule has 0 spiro atoms.